The fraction of sp³-hybridized carbons (Fsp3) is 0.562. The summed E-state index contributed by atoms with van der Waals surface area (Å²) in [5, 5.41) is 9.04. The Labute approximate surface area is 116 Å². The number of hydrogen-bond donors (Lipinski definition) is 1. The summed E-state index contributed by atoms with van der Waals surface area (Å²) in [6, 6.07) is 8.46. The minimum absolute atomic E-state index is 0.609. The standard InChI is InChI=1S/C16H25NO2/c1-13-7-9-14(10-8-13)17(4)12-6-5-11-16(2,3)15(18)19/h7-10H,5-6,11-12H2,1-4H3,(H,18,19). The first kappa shape index (κ1) is 15.5. The van der Waals surface area contributed by atoms with Crippen molar-refractivity contribution < 1.29 is 9.90 Å². The van der Waals surface area contributed by atoms with Gasteiger partial charge in [0.15, 0.2) is 0 Å². The molecule has 0 fully saturated rings. The summed E-state index contributed by atoms with van der Waals surface area (Å²) in [5.74, 6) is -0.709. The molecule has 0 aliphatic heterocycles. The zero-order valence-electron chi connectivity index (χ0n) is 12.4. The molecule has 0 bridgehead atoms. The minimum Gasteiger partial charge on any atom is -0.481 e. The lowest BCUT2D eigenvalue weighted by atomic mass is 9.87. The number of carbonyl (C=O) groups is 1. The fourth-order valence-corrected chi connectivity index (χ4v) is 1.95. The van der Waals surface area contributed by atoms with E-state index in [1.54, 1.807) is 13.8 Å². The first-order chi connectivity index (χ1) is 8.83. The van der Waals surface area contributed by atoms with E-state index in [2.05, 4.69) is 43.1 Å². The average molecular weight is 263 g/mol. The van der Waals surface area contributed by atoms with Crippen molar-refractivity contribution >= 4 is 11.7 Å². The van der Waals surface area contributed by atoms with Gasteiger partial charge in [-0.1, -0.05) is 24.1 Å². The summed E-state index contributed by atoms with van der Waals surface area (Å²) >= 11 is 0. The number of carboxylic acid groups (broad SMARTS) is 1. The second-order valence-corrected chi connectivity index (χ2v) is 5.90. The Hall–Kier alpha value is -1.51. The van der Waals surface area contributed by atoms with Gasteiger partial charge in [-0.2, -0.15) is 0 Å². The molecule has 1 aromatic rings. The van der Waals surface area contributed by atoms with Crippen LogP contribution in [0.1, 0.15) is 38.7 Å². The second kappa shape index (κ2) is 6.60. The quantitative estimate of drug-likeness (QED) is 0.762. The van der Waals surface area contributed by atoms with E-state index in [9.17, 15) is 4.79 Å². The van der Waals surface area contributed by atoms with Crippen LogP contribution >= 0.6 is 0 Å². The van der Waals surface area contributed by atoms with E-state index in [1.807, 2.05) is 0 Å². The van der Waals surface area contributed by atoms with Crippen molar-refractivity contribution in [1.82, 2.24) is 0 Å². The highest BCUT2D eigenvalue weighted by atomic mass is 16.4. The Morgan fingerprint density at radius 1 is 1.21 bits per heavy atom. The fourth-order valence-electron chi connectivity index (χ4n) is 1.95. The molecule has 0 radical (unpaired) electrons. The van der Waals surface area contributed by atoms with Crippen LogP contribution in [0, 0.1) is 12.3 Å². The van der Waals surface area contributed by atoms with E-state index < -0.39 is 11.4 Å². The number of aliphatic carboxylic acids is 1. The lowest BCUT2D eigenvalue weighted by Crippen LogP contribution is -2.24. The topological polar surface area (TPSA) is 40.5 Å². The van der Waals surface area contributed by atoms with Crippen LogP contribution in [-0.4, -0.2) is 24.7 Å². The molecule has 106 valence electrons. The predicted octanol–water partition coefficient (Wildman–Crippen LogP) is 3.71. The van der Waals surface area contributed by atoms with E-state index in [1.165, 1.54) is 11.3 Å². The number of rotatable bonds is 7. The molecular formula is C16H25NO2. The SMILES string of the molecule is Cc1ccc(N(C)CCCCC(C)(C)C(=O)O)cc1. The van der Waals surface area contributed by atoms with Crippen molar-refractivity contribution in [2.45, 2.75) is 40.0 Å². The van der Waals surface area contributed by atoms with Gasteiger partial charge in [0.25, 0.3) is 0 Å². The number of hydrogen-bond acceptors (Lipinski definition) is 2. The van der Waals surface area contributed by atoms with Gasteiger partial charge in [-0.3, -0.25) is 4.79 Å². The van der Waals surface area contributed by atoms with Crippen molar-refractivity contribution in [3.63, 3.8) is 0 Å². The van der Waals surface area contributed by atoms with Gasteiger partial charge in [-0.15, -0.1) is 0 Å². The van der Waals surface area contributed by atoms with Gasteiger partial charge >= 0.3 is 5.97 Å². The zero-order chi connectivity index (χ0) is 14.5. The molecule has 0 saturated heterocycles. The van der Waals surface area contributed by atoms with E-state index in [0.29, 0.717) is 0 Å². The highest BCUT2D eigenvalue weighted by Gasteiger charge is 2.25. The molecular weight excluding hydrogens is 238 g/mol. The van der Waals surface area contributed by atoms with Crippen LogP contribution in [0.15, 0.2) is 24.3 Å². The molecule has 3 nitrogen and oxygen atoms in total. The lowest BCUT2D eigenvalue weighted by Gasteiger charge is -2.22. The number of carboxylic acids is 1. The number of unbranched alkanes of at least 4 members (excludes halogenated alkanes) is 1. The maximum absolute atomic E-state index is 11.0. The first-order valence-corrected chi connectivity index (χ1v) is 6.84. The van der Waals surface area contributed by atoms with E-state index in [0.717, 1.165) is 25.8 Å². The Bertz CT molecular complexity index is 409. The maximum Gasteiger partial charge on any atom is 0.309 e. The van der Waals surface area contributed by atoms with Gasteiger partial charge in [0.05, 0.1) is 5.41 Å². The third-order valence-corrected chi connectivity index (χ3v) is 3.60. The molecule has 1 rings (SSSR count). The van der Waals surface area contributed by atoms with Crippen LogP contribution in [-0.2, 0) is 4.79 Å². The van der Waals surface area contributed by atoms with E-state index >= 15 is 0 Å². The first-order valence-electron chi connectivity index (χ1n) is 6.84. The number of nitrogens with zero attached hydrogens (tertiary/aromatic N) is 1. The second-order valence-electron chi connectivity index (χ2n) is 5.90. The van der Waals surface area contributed by atoms with Gasteiger partial charge < -0.3 is 10.0 Å². The summed E-state index contributed by atoms with van der Waals surface area (Å²) in [5.41, 5.74) is 1.87. The number of aryl methyl sites for hydroxylation is 1. The zero-order valence-corrected chi connectivity index (χ0v) is 12.4. The monoisotopic (exact) mass is 263 g/mol. The third kappa shape index (κ3) is 4.93. The Balaban J connectivity index is 2.33. The predicted molar refractivity (Wildman–Crippen MR) is 79.7 cm³/mol. The summed E-state index contributed by atoms with van der Waals surface area (Å²) in [7, 11) is 2.08. The summed E-state index contributed by atoms with van der Waals surface area (Å²) in [4.78, 5) is 13.2. The van der Waals surface area contributed by atoms with E-state index in [-0.39, 0.29) is 0 Å². The normalized spacial score (nSPS) is 11.4. The van der Waals surface area contributed by atoms with Crippen LogP contribution in [0.4, 0.5) is 5.69 Å². The van der Waals surface area contributed by atoms with Gasteiger partial charge in [0, 0.05) is 19.3 Å². The smallest absolute Gasteiger partial charge is 0.309 e. The summed E-state index contributed by atoms with van der Waals surface area (Å²) in [6.07, 6.45) is 2.68. The molecule has 1 aromatic carbocycles. The molecule has 0 aliphatic carbocycles. The summed E-state index contributed by atoms with van der Waals surface area (Å²) < 4.78 is 0. The number of benzene rings is 1. The van der Waals surface area contributed by atoms with Crippen molar-refractivity contribution in [3.05, 3.63) is 29.8 Å². The van der Waals surface area contributed by atoms with Crippen LogP contribution < -0.4 is 4.90 Å². The molecule has 19 heavy (non-hydrogen) atoms. The molecule has 0 amide bonds. The van der Waals surface area contributed by atoms with Gasteiger partial charge in [0.2, 0.25) is 0 Å². The van der Waals surface area contributed by atoms with Crippen molar-refractivity contribution in [1.29, 1.82) is 0 Å². The molecule has 3 heteroatoms. The Morgan fingerprint density at radius 2 is 1.79 bits per heavy atom. The van der Waals surface area contributed by atoms with Crippen LogP contribution in [0.3, 0.4) is 0 Å². The summed E-state index contributed by atoms with van der Waals surface area (Å²) in [6.45, 7) is 6.62. The maximum atomic E-state index is 11.0. The van der Waals surface area contributed by atoms with Gasteiger partial charge in [0.1, 0.15) is 0 Å². The third-order valence-electron chi connectivity index (χ3n) is 3.60. The van der Waals surface area contributed by atoms with Crippen molar-refractivity contribution in [3.8, 4) is 0 Å². The highest BCUT2D eigenvalue weighted by molar-refractivity contribution is 5.73. The molecule has 0 spiro atoms. The Kier molecular flexibility index (Phi) is 5.40. The van der Waals surface area contributed by atoms with Crippen molar-refractivity contribution in [2.75, 3.05) is 18.5 Å². The van der Waals surface area contributed by atoms with Gasteiger partial charge in [-0.25, -0.2) is 0 Å². The highest BCUT2D eigenvalue weighted by Crippen LogP contribution is 2.23. The van der Waals surface area contributed by atoms with Crippen LogP contribution in [0.2, 0.25) is 0 Å². The minimum atomic E-state index is -0.709. The Morgan fingerprint density at radius 3 is 2.32 bits per heavy atom. The van der Waals surface area contributed by atoms with Crippen LogP contribution in [0.25, 0.3) is 0 Å². The largest absolute Gasteiger partial charge is 0.481 e. The lowest BCUT2D eigenvalue weighted by molar-refractivity contribution is -0.147. The number of anilines is 1. The molecule has 0 heterocycles. The van der Waals surface area contributed by atoms with Crippen LogP contribution in [0.5, 0.6) is 0 Å². The average Bonchev–Trinajstić information content (AvgIpc) is 2.35. The molecule has 0 unspecified atom stereocenters. The van der Waals surface area contributed by atoms with E-state index in [4.69, 9.17) is 5.11 Å². The molecule has 0 atom stereocenters. The van der Waals surface area contributed by atoms with Gasteiger partial charge in [-0.05, 0) is 45.7 Å². The molecule has 0 saturated carbocycles. The van der Waals surface area contributed by atoms with Crippen molar-refractivity contribution in [2.24, 2.45) is 5.41 Å². The molecule has 1 N–H and O–H groups in total. The molecule has 0 aliphatic rings. The molecule has 0 aromatic heterocycles.